The molecule has 20 heavy (non-hydrogen) atoms. The van der Waals surface area contributed by atoms with Gasteiger partial charge in [0.15, 0.2) is 0 Å². The van der Waals surface area contributed by atoms with Gasteiger partial charge in [-0.2, -0.15) is 0 Å². The molecule has 0 fully saturated rings. The number of benzene rings is 2. The lowest BCUT2D eigenvalue weighted by Gasteiger charge is -2.21. The van der Waals surface area contributed by atoms with Gasteiger partial charge in [0.25, 0.3) is 0 Å². The van der Waals surface area contributed by atoms with E-state index in [-0.39, 0.29) is 5.82 Å². The lowest BCUT2D eigenvalue weighted by molar-refractivity contribution is 0.608. The smallest absolute Gasteiger partial charge is 0.129 e. The first kappa shape index (κ1) is 14.8. The summed E-state index contributed by atoms with van der Waals surface area (Å²) in [5, 5.41) is 0.419. The van der Waals surface area contributed by atoms with Crippen molar-refractivity contribution in [2.45, 2.75) is 6.54 Å². The van der Waals surface area contributed by atoms with Crippen LogP contribution in [0.4, 0.5) is 10.1 Å². The SMILES string of the molecule is CN(Cc1c(F)cccc1Cl)c1cccc(C(N)=S)c1. The Kier molecular flexibility index (Phi) is 4.57. The highest BCUT2D eigenvalue weighted by molar-refractivity contribution is 7.80. The summed E-state index contributed by atoms with van der Waals surface area (Å²) in [6.07, 6.45) is 0. The predicted molar refractivity (Wildman–Crippen MR) is 85.8 cm³/mol. The number of halogens is 2. The zero-order chi connectivity index (χ0) is 14.7. The van der Waals surface area contributed by atoms with Crippen molar-refractivity contribution in [1.82, 2.24) is 0 Å². The maximum absolute atomic E-state index is 13.8. The summed E-state index contributed by atoms with van der Waals surface area (Å²) < 4.78 is 13.8. The molecule has 2 aromatic carbocycles. The molecule has 0 heterocycles. The lowest BCUT2D eigenvalue weighted by atomic mass is 10.1. The van der Waals surface area contributed by atoms with Crippen molar-refractivity contribution in [2.24, 2.45) is 5.73 Å². The summed E-state index contributed by atoms with van der Waals surface area (Å²) in [5.41, 5.74) is 7.76. The van der Waals surface area contributed by atoms with Crippen molar-refractivity contribution in [3.63, 3.8) is 0 Å². The highest BCUT2D eigenvalue weighted by atomic mass is 35.5. The number of anilines is 1. The van der Waals surface area contributed by atoms with Gasteiger partial charge in [0.1, 0.15) is 10.8 Å². The molecule has 0 aliphatic rings. The Balaban J connectivity index is 2.26. The Bertz CT molecular complexity index is 625. The molecule has 0 unspecified atom stereocenters. The van der Waals surface area contributed by atoms with Crippen molar-refractivity contribution in [1.29, 1.82) is 0 Å². The van der Waals surface area contributed by atoms with Crippen molar-refractivity contribution in [3.8, 4) is 0 Å². The number of rotatable bonds is 4. The Morgan fingerprint density at radius 3 is 2.65 bits per heavy atom. The van der Waals surface area contributed by atoms with Gasteiger partial charge in [0, 0.05) is 35.4 Å². The third-order valence-electron chi connectivity index (χ3n) is 3.03. The van der Waals surface area contributed by atoms with E-state index in [0.29, 0.717) is 22.1 Å². The first-order valence-corrected chi connectivity index (χ1v) is 6.81. The molecule has 0 bridgehead atoms. The largest absolute Gasteiger partial charge is 0.389 e. The normalized spacial score (nSPS) is 10.3. The molecule has 2 N–H and O–H groups in total. The third-order valence-corrected chi connectivity index (χ3v) is 3.62. The second kappa shape index (κ2) is 6.20. The summed E-state index contributed by atoms with van der Waals surface area (Å²) in [6, 6.07) is 12.2. The summed E-state index contributed by atoms with van der Waals surface area (Å²) in [4.78, 5) is 2.23. The van der Waals surface area contributed by atoms with E-state index in [4.69, 9.17) is 29.6 Å². The van der Waals surface area contributed by atoms with E-state index in [1.807, 2.05) is 36.2 Å². The van der Waals surface area contributed by atoms with Crippen molar-refractivity contribution < 1.29 is 4.39 Å². The summed E-state index contributed by atoms with van der Waals surface area (Å²) in [7, 11) is 1.86. The van der Waals surface area contributed by atoms with Gasteiger partial charge in [0.05, 0.1) is 0 Å². The summed E-state index contributed by atoms with van der Waals surface area (Å²) in [6.45, 7) is 0.367. The maximum Gasteiger partial charge on any atom is 0.129 e. The second-order valence-electron chi connectivity index (χ2n) is 4.47. The van der Waals surface area contributed by atoms with Gasteiger partial charge in [-0.15, -0.1) is 0 Å². The topological polar surface area (TPSA) is 29.3 Å². The fourth-order valence-corrected chi connectivity index (χ4v) is 2.26. The maximum atomic E-state index is 13.8. The molecule has 104 valence electrons. The quantitative estimate of drug-likeness (QED) is 0.872. The average Bonchev–Trinajstić information content (AvgIpc) is 2.43. The van der Waals surface area contributed by atoms with Crippen LogP contribution in [0.1, 0.15) is 11.1 Å². The molecule has 5 heteroatoms. The fraction of sp³-hybridized carbons (Fsp3) is 0.133. The van der Waals surface area contributed by atoms with E-state index in [1.165, 1.54) is 6.07 Å². The molecule has 0 aliphatic heterocycles. The molecule has 2 aromatic rings. The number of nitrogens with zero attached hydrogens (tertiary/aromatic N) is 1. The Morgan fingerprint density at radius 2 is 2.00 bits per heavy atom. The van der Waals surface area contributed by atoms with Gasteiger partial charge in [-0.25, -0.2) is 4.39 Å². The van der Waals surface area contributed by atoms with Crippen LogP contribution < -0.4 is 10.6 Å². The Morgan fingerprint density at radius 1 is 1.30 bits per heavy atom. The van der Waals surface area contributed by atoms with Crippen LogP contribution in [0, 0.1) is 5.82 Å². The molecule has 0 aliphatic carbocycles. The number of thiocarbonyl (C=S) groups is 1. The number of nitrogens with two attached hydrogens (primary N) is 1. The molecule has 0 aromatic heterocycles. The van der Waals surface area contributed by atoms with Gasteiger partial charge in [0.2, 0.25) is 0 Å². The molecular weight excluding hydrogens is 295 g/mol. The highest BCUT2D eigenvalue weighted by Gasteiger charge is 2.11. The van der Waals surface area contributed by atoms with Crippen LogP contribution in [0.25, 0.3) is 0 Å². The van der Waals surface area contributed by atoms with Crippen LogP contribution in [0.5, 0.6) is 0 Å². The van der Waals surface area contributed by atoms with Gasteiger partial charge >= 0.3 is 0 Å². The van der Waals surface area contributed by atoms with Gasteiger partial charge in [-0.3, -0.25) is 0 Å². The zero-order valence-corrected chi connectivity index (χ0v) is 12.5. The van der Waals surface area contributed by atoms with Crippen LogP contribution in [0.15, 0.2) is 42.5 Å². The van der Waals surface area contributed by atoms with E-state index >= 15 is 0 Å². The molecule has 0 atom stereocenters. The Labute approximate surface area is 128 Å². The van der Waals surface area contributed by atoms with Gasteiger partial charge in [-0.1, -0.05) is 42.0 Å². The molecule has 0 amide bonds. The van der Waals surface area contributed by atoms with E-state index < -0.39 is 0 Å². The first-order valence-electron chi connectivity index (χ1n) is 6.03. The van der Waals surface area contributed by atoms with E-state index in [0.717, 1.165) is 11.3 Å². The van der Waals surface area contributed by atoms with Gasteiger partial charge in [-0.05, 0) is 24.3 Å². The van der Waals surface area contributed by atoms with Crippen molar-refractivity contribution >= 4 is 34.5 Å². The summed E-state index contributed by atoms with van der Waals surface area (Å²) in [5.74, 6) is -0.310. The average molecular weight is 309 g/mol. The number of hydrogen-bond acceptors (Lipinski definition) is 2. The minimum atomic E-state index is -0.310. The Hall–Kier alpha value is -1.65. The van der Waals surface area contributed by atoms with E-state index in [2.05, 4.69) is 0 Å². The molecule has 0 spiro atoms. The van der Waals surface area contributed by atoms with Crippen LogP contribution in [0.3, 0.4) is 0 Å². The standard InChI is InChI=1S/C15H14ClFN2S/c1-19(9-12-13(16)6-3-7-14(12)17)11-5-2-4-10(8-11)15(18)20/h2-8H,9H2,1H3,(H2,18,20). The molecule has 0 saturated heterocycles. The predicted octanol–water partition coefficient (Wildman–Crippen LogP) is 3.75. The van der Waals surface area contributed by atoms with Crippen LogP contribution in [-0.4, -0.2) is 12.0 Å². The molecule has 0 radical (unpaired) electrons. The fourth-order valence-electron chi connectivity index (χ4n) is 1.91. The van der Waals surface area contributed by atoms with Gasteiger partial charge < -0.3 is 10.6 Å². The molecular formula is C15H14ClFN2S. The molecule has 2 rings (SSSR count). The van der Waals surface area contributed by atoms with Crippen LogP contribution >= 0.6 is 23.8 Å². The monoisotopic (exact) mass is 308 g/mol. The number of hydrogen-bond donors (Lipinski definition) is 1. The minimum Gasteiger partial charge on any atom is -0.389 e. The lowest BCUT2D eigenvalue weighted by Crippen LogP contribution is -2.18. The van der Waals surface area contributed by atoms with Crippen molar-refractivity contribution in [2.75, 3.05) is 11.9 Å². The van der Waals surface area contributed by atoms with E-state index in [9.17, 15) is 4.39 Å². The second-order valence-corrected chi connectivity index (χ2v) is 5.32. The van der Waals surface area contributed by atoms with E-state index in [1.54, 1.807) is 12.1 Å². The van der Waals surface area contributed by atoms with Crippen LogP contribution in [-0.2, 0) is 6.54 Å². The first-order chi connectivity index (χ1) is 9.49. The zero-order valence-electron chi connectivity index (χ0n) is 10.9. The molecule has 2 nitrogen and oxygen atoms in total. The van der Waals surface area contributed by atoms with Crippen molar-refractivity contribution in [3.05, 3.63) is 64.4 Å². The minimum absolute atomic E-state index is 0.310. The highest BCUT2D eigenvalue weighted by Crippen LogP contribution is 2.23. The molecule has 0 saturated carbocycles. The summed E-state index contributed by atoms with van der Waals surface area (Å²) >= 11 is 11.0. The third kappa shape index (κ3) is 3.26. The van der Waals surface area contributed by atoms with Crippen LogP contribution in [0.2, 0.25) is 5.02 Å².